The molecule has 1 N–H and O–H groups in total. The molecule has 0 amide bonds. The van der Waals surface area contributed by atoms with Crippen LogP contribution in [0.4, 0.5) is 0 Å². The van der Waals surface area contributed by atoms with Gasteiger partial charge in [0.05, 0.1) is 0 Å². The number of aromatic amines is 1. The minimum atomic E-state index is -0.187. The Hall–Kier alpha value is -1.33. The van der Waals surface area contributed by atoms with Crippen molar-refractivity contribution in [2.24, 2.45) is 0 Å². The fraction of sp³-hybridized carbons (Fsp3) is 0.385. The van der Waals surface area contributed by atoms with Crippen molar-refractivity contribution >= 4 is 23.8 Å². The number of ether oxygens (including phenoxy) is 1. The quantitative estimate of drug-likeness (QED) is 0.865. The zero-order valence-electron chi connectivity index (χ0n) is 11.1. The lowest BCUT2D eigenvalue weighted by molar-refractivity contribution is 0.209. The van der Waals surface area contributed by atoms with Crippen molar-refractivity contribution < 1.29 is 4.74 Å². The third-order valence-electron chi connectivity index (χ3n) is 2.91. The SMILES string of the molecule is CCn1c([C@H](C)Oc2ccc(Cl)cc2C)n[nH]c1=S. The van der Waals surface area contributed by atoms with Gasteiger partial charge in [-0.3, -0.25) is 5.10 Å². The summed E-state index contributed by atoms with van der Waals surface area (Å²) in [6, 6.07) is 5.56. The lowest BCUT2D eigenvalue weighted by atomic mass is 10.2. The van der Waals surface area contributed by atoms with Crippen LogP contribution in [0.15, 0.2) is 18.2 Å². The Labute approximate surface area is 122 Å². The molecule has 0 fully saturated rings. The molecule has 0 saturated heterocycles. The van der Waals surface area contributed by atoms with Crippen LogP contribution >= 0.6 is 23.8 Å². The highest BCUT2D eigenvalue weighted by molar-refractivity contribution is 7.71. The number of H-pyrrole nitrogens is 1. The van der Waals surface area contributed by atoms with Gasteiger partial charge in [0, 0.05) is 11.6 Å². The van der Waals surface area contributed by atoms with Gasteiger partial charge >= 0.3 is 0 Å². The van der Waals surface area contributed by atoms with E-state index in [9.17, 15) is 0 Å². The number of benzene rings is 1. The summed E-state index contributed by atoms with van der Waals surface area (Å²) < 4.78 is 8.47. The van der Waals surface area contributed by atoms with E-state index in [0.29, 0.717) is 9.79 Å². The first-order valence-corrected chi connectivity index (χ1v) is 6.89. The Morgan fingerprint density at radius 1 is 1.53 bits per heavy atom. The molecule has 0 saturated carbocycles. The molecule has 0 bridgehead atoms. The standard InChI is InChI=1S/C13H16ClN3OS/c1-4-17-12(15-16-13(17)19)9(3)18-11-6-5-10(14)7-8(11)2/h5-7,9H,4H2,1-3H3,(H,16,19)/t9-/m0/s1. The highest BCUT2D eigenvalue weighted by Crippen LogP contribution is 2.26. The molecule has 19 heavy (non-hydrogen) atoms. The van der Waals surface area contributed by atoms with E-state index in [1.165, 1.54) is 0 Å². The molecule has 2 rings (SSSR count). The van der Waals surface area contributed by atoms with Crippen LogP contribution in [0.25, 0.3) is 0 Å². The van der Waals surface area contributed by atoms with E-state index in [2.05, 4.69) is 10.2 Å². The van der Waals surface area contributed by atoms with Crippen LogP contribution in [0.5, 0.6) is 5.75 Å². The van der Waals surface area contributed by atoms with Crippen LogP contribution in [0.2, 0.25) is 5.02 Å². The van der Waals surface area contributed by atoms with Gasteiger partial charge < -0.3 is 9.30 Å². The Bertz CT molecular complexity index is 635. The first kappa shape index (κ1) is 14.1. The highest BCUT2D eigenvalue weighted by atomic mass is 35.5. The fourth-order valence-electron chi connectivity index (χ4n) is 1.93. The molecule has 1 heterocycles. The number of rotatable bonds is 4. The predicted octanol–water partition coefficient (Wildman–Crippen LogP) is 4.06. The molecule has 0 aliphatic carbocycles. The maximum Gasteiger partial charge on any atom is 0.195 e. The Balaban J connectivity index is 2.25. The number of aryl methyl sites for hydroxylation is 1. The Morgan fingerprint density at radius 2 is 2.26 bits per heavy atom. The number of aromatic nitrogens is 3. The maximum atomic E-state index is 5.93. The van der Waals surface area contributed by atoms with E-state index in [4.69, 9.17) is 28.6 Å². The predicted molar refractivity (Wildman–Crippen MR) is 78.3 cm³/mol. The molecule has 0 spiro atoms. The summed E-state index contributed by atoms with van der Waals surface area (Å²) in [7, 11) is 0. The van der Waals surface area contributed by atoms with E-state index in [0.717, 1.165) is 23.7 Å². The summed E-state index contributed by atoms with van der Waals surface area (Å²) in [6.07, 6.45) is -0.187. The summed E-state index contributed by atoms with van der Waals surface area (Å²) in [4.78, 5) is 0. The van der Waals surface area contributed by atoms with Gasteiger partial charge in [0.15, 0.2) is 16.7 Å². The molecule has 0 radical (unpaired) electrons. The van der Waals surface area contributed by atoms with Crippen LogP contribution in [0.1, 0.15) is 31.3 Å². The van der Waals surface area contributed by atoms with Crippen molar-refractivity contribution in [3.63, 3.8) is 0 Å². The van der Waals surface area contributed by atoms with Gasteiger partial charge in [-0.25, -0.2) is 0 Å². The lowest BCUT2D eigenvalue weighted by Gasteiger charge is -2.16. The molecule has 1 atom stereocenters. The van der Waals surface area contributed by atoms with Crippen molar-refractivity contribution in [2.75, 3.05) is 0 Å². The molecule has 2 aromatic rings. The third-order valence-corrected chi connectivity index (χ3v) is 3.46. The molecular weight excluding hydrogens is 282 g/mol. The second-order valence-electron chi connectivity index (χ2n) is 4.30. The van der Waals surface area contributed by atoms with E-state index in [1.807, 2.05) is 43.5 Å². The maximum absolute atomic E-state index is 5.93. The van der Waals surface area contributed by atoms with E-state index < -0.39 is 0 Å². The average Bonchev–Trinajstić information content (AvgIpc) is 2.74. The average molecular weight is 298 g/mol. The third kappa shape index (κ3) is 2.98. The van der Waals surface area contributed by atoms with Crippen LogP contribution in [-0.2, 0) is 6.54 Å². The van der Waals surface area contributed by atoms with E-state index in [-0.39, 0.29) is 6.10 Å². The van der Waals surface area contributed by atoms with E-state index >= 15 is 0 Å². The van der Waals surface area contributed by atoms with Gasteiger partial charge in [0.25, 0.3) is 0 Å². The van der Waals surface area contributed by atoms with Crippen LogP contribution in [-0.4, -0.2) is 14.8 Å². The summed E-state index contributed by atoms with van der Waals surface area (Å²) in [5, 5.41) is 7.72. The van der Waals surface area contributed by atoms with Gasteiger partial charge in [-0.05, 0) is 56.8 Å². The van der Waals surface area contributed by atoms with Gasteiger partial charge in [-0.1, -0.05) is 11.6 Å². The number of hydrogen-bond acceptors (Lipinski definition) is 3. The number of hydrogen-bond donors (Lipinski definition) is 1. The van der Waals surface area contributed by atoms with Gasteiger partial charge in [0.2, 0.25) is 0 Å². The summed E-state index contributed by atoms with van der Waals surface area (Å²) in [5.41, 5.74) is 0.997. The first-order chi connectivity index (χ1) is 9.02. The first-order valence-electron chi connectivity index (χ1n) is 6.10. The van der Waals surface area contributed by atoms with Crippen molar-refractivity contribution in [1.82, 2.24) is 14.8 Å². The molecule has 1 aromatic carbocycles. The molecule has 102 valence electrons. The Kier molecular flexibility index (Phi) is 4.27. The minimum absolute atomic E-state index is 0.187. The van der Waals surface area contributed by atoms with Gasteiger partial charge in [0.1, 0.15) is 5.75 Å². The van der Waals surface area contributed by atoms with Crippen molar-refractivity contribution in [2.45, 2.75) is 33.4 Å². The number of nitrogens with zero attached hydrogens (tertiary/aromatic N) is 2. The summed E-state index contributed by atoms with van der Waals surface area (Å²) in [5.74, 6) is 1.59. The fourth-order valence-corrected chi connectivity index (χ4v) is 2.43. The number of nitrogens with one attached hydrogen (secondary N) is 1. The highest BCUT2D eigenvalue weighted by Gasteiger charge is 2.15. The minimum Gasteiger partial charge on any atom is -0.482 e. The normalized spacial score (nSPS) is 12.4. The molecule has 1 aromatic heterocycles. The van der Waals surface area contributed by atoms with Gasteiger partial charge in [-0.15, -0.1) is 0 Å². The molecule has 0 aliphatic rings. The molecule has 0 unspecified atom stereocenters. The Morgan fingerprint density at radius 3 is 2.89 bits per heavy atom. The summed E-state index contributed by atoms with van der Waals surface area (Å²) in [6.45, 7) is 6.70. The van der Waals surface area contributed by atoms with Crippen molar-refractivity contribution in [1.29, 1.82) is 0 Å². The second-order valence-corrected chi connectivity index (χ2v) is 5.12. The van der Waals surface area contributed by atoms with Crippen LogP contribution in [0, 0.1) is 11.7 Å². The van der Waals surface area contributed by atoms with Gasteiger partial charge in [-0.2, -0.15) is 5.10 Å². The largest absolute Gasteiger partial charge is 0.482 e. The molecule has 4 nitrogen and oxygen atoms in total. The van der Waals surface area contributed by atoms with E-state index in [1.54, 1.807) is 0 Å². The van der Waals surface area contributed by atoms with Crippen molar-refractivity contribution in [3.05, 3.63) is 39.4 Å². The topological polar surface area (TPSA) is 42.8 Å². The van der Waals surface area contributed by atoms with Crippen LogP contribution < -0.4 is 4.74 Å². The zero-order valence-corrected chi connectivity index (χ0v) is 12.7. The lowest BCUT2D eigenvalue weighted by Crippen LogP contribution is -2.11. The molecule has 6 heteroatoms. The second kappa shape index (κ2) is 5.75. The monoisotopic (exact) mass is 297 g/mol. The van der Waals surface area contributed by atoms with Crippen molar-refractivity contribution in [3.8, 4) is 5.75 Å². The molecular formula is C13H16ClN3OS. The zero-order chi connectivity index (χ0) is 14.0. The van der Waals surface area contributed by atoms with Crippen LogP contribution in [0.3, 0.4) is 0 Å². The number of halogens is 1. The summed E-state index contributed by atoms with van der Waals surface area (Å²) >= 11 is 11.1. The smallest absolute Gasteiger partial charge is 0.195 e. The molecule has 0 aliphatic heterocycles.